The molecule has 7 aromatic carbocycles. The highest BCUT2D eigenvalue weighted by atomic mass is 15.0. The topological polar surface area (TPSA) is 62.5 Å². The molecular formula is C51H42N4. The monoisotopic (exact) mass is 710 g/mol. The average Bonchev–Trinajstić information content (AvgIpc) is 3.22. The van der Waals surface area contributed by atoms with E-state index in [1.54, 1.807) is 0 Å². The van der Waals surface area contributed by atoms with Crippen molar-refractivity contribution in [3.63, 3.8) is 0 Å². The van der Waals surface area contributed by atoms with Gasteiger partial charge in [-0.05, 0) is 129 Å². The Balaban J connectivity index is 1.05. The van der Waals surface area contributed by atoms with E-state index in [1.807, 2.05) is 18.2 Å². The quantitative estimate of drug-likeness (QED) is 0.167. The first-order valence-electron chi connectivity index (χ1n) is 19.7. The van der Waals surface area contributed by atoms with Crippen molar-refractivity contribution < 1.29 is 0 Å². The summed E-state index contributed by atoms with van der Waals surface area (Å²) in [4.78, 5) is 15.4. The highest BCUT2D eigenvalue weighted by Crippen LogP contribution is 2.54. The van der Waals surface area contributed by atoms with Gasteiger partial charge in [0.05, 0.1) is 11.6 Å². The molecule has 2 unspecified atom stereocenters. The van der Waals surface area contributed by atoms with E-state index in [9.17, 15) is 5.26 Å². The second-order valence-electron chi connectivity index (χ2n) is 16.5. The summed E-state index contributed by atoms with van der Waals surface area (Å²) in [6, 6.07) is 51.7. The van der Waals surface area contributed by atoms with Crippen LogP contribution in [0.5, 0.6) is 0 Å². The van der Waals surface area contributed by atoms with Crippen LogP contribution in [0.3, 0.4) is 0 Å². The Morgan fingerprint density at radius 1 is 0.491 bits per heavy atom. The van der Waals surface area contributed by atoms with Crippen LogP contribution >= 0.6 is 0 Å². The Bertz CT molecular complexity index is 2770. The number of fused-ring (bicyclic) bond motifs is 6. The van der Waals surface area contributed by atoms with Crippen LogP contribution < -0.4 is 0 Å². The van der Waals surface area contributed by atoms with Crippen molar-refractivity contribution in [3.8, 4) is 51.4 Å². The fraction of sp³-hybridized carbons (Fsp3) is 0.216. The summed E-state index contributed by atoms with van der Waals surface area (Å²) in [5.74, 6) is 4.38. The molecule has 4 heteroatoms. The summed E-state index contributed by atoms with van der Waals surface area (Å²) < 4.78 is 0. The van der Waals surface area contributed by atoms with Crippen LogP contribution in [0.4, 0.5) is 0 Å². The van der Waals surface area contributed by atoms with Gasteiger partial charge in [-0.15, -0.1) is 0 Å². The Hall–Kier alpha value is -6.18. The molecular weight excluding hydrogens is 669 g/mol. The van der Waals surface area contributed by atoms with E-state index >= 15 is 0 Å². The summed E-state index contributed by atoms with van der Waals surface area (Å²) in [5, 5.41) is 16.4. The molecule has 10 rings (SSSR count). The van der Waals surface area contributed by atoms with Crippen molar-refractivity contribution in [1.82, 2.24) is 15.0 Å². The molecule has 266 valence electrons. The molecule has 0 spiro atoms. The zero-order valence-electron chi connectivity index (χ0n) is 31.3. The van der Waals surface area contributed by atoms with E-state index in [-0.39, 0.29) is 5.41 Å². The van der Waals surface area contributed by atoms with Gasteiger partial charge in [0, 0.05) is 16.7 Å². The lowest BCUT2D eigenvalue weighted by Crippen LogP contribution is -2.42. The fourth-order valence-electron chi connectivity index (χ4n) is 10.3. The van der Waals surface area contributed by atoms with Crippen molar-refractivity contribution in [1.29, 1.82) is 5.26 Å². The molecule has 0 amide bonds. The van der Waals surface area contributed by atoms with Crippen LogP contribution in [0.25, 0.3) is 77.6 Å². The minimum absolute atomic E-state index is 0.273. The van der Waals surface area contributed by atoms with Gasteiger partial charge in [-0.3, -0.25) is 0 Å². The van der Waals surface area contributed by atoms with Gasteiger partial charge in [0.15, 0.2) is 17.5 Å². The number of benzene rings is 7. The third-order valence-corrected chi connectivity index (χ3v) is 12.5. The van der Waals surface area contributed by atoms with Crippen LogP contribution in [0, 0.1) is 29.1 Å². The van der Waals surface area contributed by atoms with Gasteiger partial charge < -0.3 is 0 Å². The van der Waals surface area contributed by atoms with Crippen molar-refractivity contribution >= 4 is 32.3 Å². The van der Waals surface area contributed by atoms with E-state index in [4.69, 9.17) is 15.0 Å². The first-order valence-corrected chi connectivity index (χ1v) is 19.7. The van der Waals surface area contributed by atoms with Gasteiger partial charge in [-0.2, -0.15) is 5.26 Å². The van der Waals surface area contributed by atoms with Gasteiger partial charge in [0.25, 0.3) is 0 Å². The number of aromatic nitrogens is 3. The third-order valence-electron chi connectivity index (χ3n) is 12.5. The standard InChI is InChI=1S/C51H42N4/c1-32-23-35-24-33(2)29-51(28-32,30-35)45-20-17-39(18-21-45)49-53-48(38-12-9-36(10-13-38)41-15-14-40-25-34(31-52)7-8-42(40)26-41)54-50(55-49)44-19-22-47-43(27-44)16-11-37-5-3-4-6-46(37)47/h3-22,25-27,32-33,35H,23-24,28-30H2,1-2H3/t32-,33+,35?,51?. The Labute approximate surface area is 322 Å². The Morgan fingerprint density at radius 3 is 1.75 bits per heavy atom. The number of nitriles is 1. The van der Waals surface area contributed by atoms with Crippen LogP contribution in [-0.4, -0.2) is 15.0 Å². The van der Waals surface area contributed by atoms with Gasteiger partial charge in [-0.1, -0.05) is 129 Å². The minimum Gasteiger partial charge on any atom is -0.208 e. The van der Waals surface area contributed by atoms with E-state index in [1.165, 1.54) is 53.8 Å². The maximum atomic E-state index is 9.33. The van der Waals surface area contributed by atoms with Crippen LogP contribution in [0.1, 0.15) is 57.1 Å². The van der Waals surface area contributed by atoms with Gasteiger partial charge in [-0.25, -0.2) is 15.0 Å². The zero-order valence-corrected chi connectivity index (χ0v) is 31.3. The molecule has 8 aromatic rings. The molecule has 1 heterocycles. The zero-order chi connectivity index (χ0) is 37.1. The fourth-order valence-corrected chi connectivity index (χ4v) is 10.3. The predicted octanol–water partition coefficient (Wildman–Crippen LogP) is 13.0. The van der Waals surface area contributed by atoms with E-state index in [0.29, 0.717) is 23.0 Å². The number of hydrogen-bond acceptors (Lipinski definition) is 4. The molecule has 0 N–H and O–H groups in total. The van der Waals surface area contributed by atoms with Gasteiger partial charge >= 0.3 is 0 Å². The van der Waals surface area contributed by atoms with Crippen molar-refractivity contribution in [2.24, 2.45) is 17.8 Å². The largest absolute Gasteiger partial charge is 0.208 e. The summed E-state index contributed by atoms with van der Waals surface area (Å²) in [6.07, 6.45) is 6.62. The molecule has 2 aliphatic carbocycles. The lowest BCUT2D eigenvalue weighted by molar-refractivity contribution is 0.0780. The molecule has 0 radical (unpaired) electrons. The SMILES string of the molecule is C[C@@H]1CC2C[C@H](C)CC(c3ccc(-c4nc(-c5ccc(-c6ccc7cc(C#N)ccc7c6)cc5)nc(-c5ccc6c(ccc7ccccc76)c5)n4)cc3)(C2)C1. The minimum atomic E-state index is 0.273. The van der Waals surface area contributed by atoms with Crippen molar-refractivity contribution in [3.05, 3.63) is 151 Å². The molecule has 1 aromatic heterocycles. The lowest BCUT2D eigenvalue weighted by Gasteiger charge is -2.50. The molecule has 0 saturated heterocycles. The second-order valence-corrected chi connectivity index (χ2v) is 16.5. The predicted molar refractivity (Wildman–Crippen MR) is 225 cm³/mol. The maximum absolute atomic E-state index is 9.33. The van der Waals surface area contributed by atoms with Gasteiger partial charge in [0.2, 0.25) is 0 Å². The highest BCUT2D eigenvalue weighted by Gasteiger charge is 2.45. The first kappa shape index (κ1) is 33.4. The van der Waals surface area contributed by atoms with Crippen LogP contribution in [0.2, 0.25) is 0 Å². The summed E-state index contributed by atoms with van der Waals surface area (Å²) >= 11 is 0. The average molecular weight is 711 g/mol. The molecule has 55 heavy (non-hydrogen) atoms. The highest BCUT2D eigenvalue weighted by molar-refractivity contribution is 6.08. The molecule has 4 atom stereocenters. The first-order chi connectivity index (χ1) is 26.9. The Kier molecular flexibility index (Phi) is 8.07. The van der Waals surface area contributed by atoms with Gasteiger partial charge in [0.1, 0.15) is 0 Å². The third kappa shape index (κ3) is 6.15. The van der Waals surface area contributed by atoms with E-state index < -0.39 is 0 Å². The number of rotatable bonds is 5. The van der Waals surface area contributed by atoms with Crippen molar-refractivity contribution in [2.45, 2.75) is 51.4 Å². The molecule has 2 bridgehead atoms. The van der Waals surface area contributed by atoms with Crippen LogP contribution in [0.15, 0.2) is 140 Å². The molecule has 2 fully saturated rings. The number of nitrogens with zero attached hydrogens (tertiary/aromatic N) is 4. The lowest BCUT2D eigenvalue weighted by atomic mass is 9.54. The normalized spacial score (nSPS) is 20.8. The number of hydrogen-bond donors (Lipinski definition) is 0. The smallest absolute Gasteiger partial charge is 0.164 e. The van der Waals surface area contributed by atoms with E-state index in [0.717, 1.165) is 61.7 Å². The Morgan fingerprint density at radius 2 is 1.02 bits per heavy atom. The summed E-state index contributed by atoms with van der Waals surface area (Å²) in [7, 11) is 0. The summed E-state index contributed by atoms with van der Waals surface area (Å²) in [5.41, 5.74) is 7.56. The molecule has 2 aliphatic rings. The molecule has 4 nitrogen and oxygen atoms in total. The second kappa shape index (κ2) is 13.3. The molecule has 2 saturated carbocycles. The van der Waals surface area contributed by atoms with Crippen molar-refractivity contribution in [2.75, 3.05) is 0 Å². The van der Waals surface area contributed by atoms with Crippen LogP contribution in [-0.2, 0) is 5.41 Å². The molecule has 0 aliphatic heterocycles. The van der Waals surface area contributed by atoms with E-state index in [2.05, 4.69) is 141 Å². The summed E-state index contributed by atoms with van der Waals surface area (Å²) in [6.45, 7) is 4.91. The maximum Gasteiger partial charge on any atom is 0.164 e.